The maximum absolute atomic E-state index is 12.1. The molecule has 2 amide bonds. The molecule has 6 nitrogen and oxygen atoms in total. The van der Waals surface area contributed by atoms with Crippen LogP contribution in [0.15, 0.2) is 0 Å². The van der Waals surface area contributed by atoms with E-state index in [0.29, 0.717) is 19.7 Å². The lowest BCUT2D eigenvalue weighted by Crippen LogP contribution is -2.50. The fourth-order valence-corrected chi connectivity index (χ4v) is 2.27. The summed E-state index contributed by atoms with van der Waals surface area (Å²) in [6.07, 6.45) is 1.53. The third-order valence-electron chi connectivity index (χ3n) is 3.14. The molecule has 1 rings (SSSR count). The van der Waals surface area contributed by atoms with Gasteiger partial charge < -0.3 is 15.0 Å². The summed E-state index contributed by atoms with van der Waals surface area (Å²) < 4.78 is 4.99. The smallest absolute Gasteiger partial charge is 0.310 e. The zero-order valence-corrected chi connectivity index (χ0v) is 11.8. The molecule has 19 heavy (non-hydrogen) atoms. The summed E-state index contributed by atoms with van der Waals surface area (Å²) in [5, 5.41) is 2.56. The second kappa shape index (κ2) is 7.11. The Balaban J connectivity index is 2.56. The van der Waals surface area contributed by atoms with E-state index in [0.717, 1.165) is 12.8 Å². The Morgan fingerprint density at radius 3 is 2.68 bits per heavy atom. The molecule has 1 heterocycles. The Morgan fingerprint density at radius 2 is 2.11 bits per heavy atom. The second-order valence-corrected chi connectivity index (χ2v) is 4.80. The van der Waals surface area contributed by atoms with Crippen molar-refractivity contribution in [3.8, 4) is 0 Å². The summed E-state index contributed by atoms with van der Waals surface area (Å²) in [5.41, 5.74) is 0. The molecule has 1 unspecified atom stereocenters. The number of amides is 2. The molecule has 0 radical (unpaired) electrons. The Morgan fingerprint density at radius 1 is 1.42 bits per heavy atom. The summed E-state index contributed by atoms with van der Waals surface area (Å²) in [5.74, 6) is -0.877. The molecule has 0 aliphatic carbocycles. The molecule has 0 bridgehead atoms. The molecule has 1 aliphatic rings. The third-order valence-corrected chi connectivity index (χ3v) is 3.14. The van der Waals surface area contributed by atoms with Gasteiger partial charge in [0.25, 0.3) is 0 Å². The van der Waals surface area contributed by atoms with Gasteiger partial charge >= 0.3 is 5.97 Å². The number of hydrogen-bond acceptors (Lipinski definition) is 4. The summed E-state index contributed by atoms with van der Waals surface area (Å²) >= 11 is 0. The van der Waals surface area contributed by atoms with E-state index < -0.39 is 6.04 Å². The number of piperidine rings is 1. The fraction of sp³-hybridized carbons (Fsp3) is 0.769. The Kier molecular flexibility index (Phi) is 5.79. The van der Waals surface area contributed by atoms with Crippen molar-refractivity contribution >= 4 is 17.8 Å². The van der Waals surface area contributed by atoms with Crippen molar-refractivity contribution in [2.45, 2.75) is 39.7 Å². The van der Waals surface area contributed by atoms with Crippen molar-refractivity contribution in [1.82, 2.24) is 10.2 Å². The fourth-order valence-electron chi connectivity index (χ4n) is 2.27. The minimum Gasteiger partial charge on any atom is -0.466 e. The van der Waals surface area contributed by atoms with Gasteiger partial charge in [0.15, 0.2) is 0 Å². The van der Waals surface area contributed by atoms with E-state index in [1.165, 1.54) is 6.92 Å². The van der Waals surface area contributed by atoms with Gasteiger partial charge in [-0.25, -0.2) is 0 Å². The molecule has 1 N–H and O–H groups in total. The van der Waals surface area contributed by atoms with Gasteiger partial charge in [0, 0.05) is 20.0 Å². The van der Waals surface area contributed by atoms with E-state index in [4.69, 9.17) is 4.74 Å². The number of nitrogens with zero attached hydrogens (tertiary/aromatic N) is 1. The number of rotatable bonds is 4. The molecule has 0 aromatic heterocycles. The van der Waals surface area contributed by atoms with Crippen LogP contribution in [-0.2, 0) is 19.1 Å². The van der Waals surface area contributed by atoms with Gasteiger partial charge in [-0.3, -0.25) is 14.4 Å². The van der Waals surface area contributed by atoms with Crippen LogP contribution in [0.25, 0.3) is 0 Å². The molecule has 1 saturated heterocycles. The first kappa shape index (κ1) is 15.5. The van der Waals surface area contributed by atoms with Crippen molar-refractivity contribution in [1.29, 1.82) is 0 Å². The van der Waals surface area contributed by atoms with Crippen LogP contribution >= 0.6 is 0 Å². The normalized spacial score (nSPS) is 20.6. The van der Waals surface area contributed by atoms with Crippen molar-refractivity contribution in [2.75, 3.05) is 19.7 Å². The average molecular weight is 270 g/mol. The van der Waals surface area contributed by atoms with E-state index in [1.54, 1.807) is 18.7 Å². The first-order valence-corrected chi connectivity index (χ1v) is 6.68. The number of esters is 1. The Hall–Kier alpha value is -1.59. The molecule has 0 aromatic rings. The Bertz CT molecular complexity index is 357. The number of likely N-dealkylation sites (tertiary alicyclic amines) is 1. The average Bonchev–Trinajstić information content (AvgIpc) is 2.37. The van der Waals surface area contributed by atoms with Gasteiger partial charge in [-0.05, 0) is 26.7 Å². The highest BCUT2D eigenvalue weighted by atomic mass is 16.5. The quantitative estimate of drug-likeness (QED) is 0.746. The zero-order chi connectivity index (χ0) is 14.4. The summed E-state index contributed by atoms with van der Waals surface area (Å²) in [7, 11) is 0. The number of hydrogen-bond donors (Lipinski definition) is 1. The largest absolute Gasteiger partial charge is 0.466 e. The van der Waals surface area contributed by atoms with Gasteiger partial charge in [0.05, 0.1) is 12.5 Å². The molecule has 6 heteroatoms. The summed E-state index contributed by atoms with van der Waals surface area (Å²) in [6, 6.07) is -0.557. The number of nitrogens with one attached hydrogen (secondary N) is 1. The van der Waals surface area contributed by atoms with Crippen LogP contribution in [0.1, 0.15) is 33.6 Å². The van der Waals surface area contributed by atoms with Crippen LogP contribution in [0.4, 0.5) is 0 Å². The van der Waals surface area contributed by atoms with Crippen LogP contribution in [0.2, 0.25) is 0 Å². The van der Waals surface area contributed by atoms with Crippen LogP contribution in [0.5, 0.6) is 0 Å². The number of carbonyl (C=O) groups excluding carboxylic acids is 3. The van der Waals surface area contributed by atoms with Crippen molar-refractivity contribution in [2.24, 2.45) is 5.92 Å². The second-order valence-electron chi connectivity index (χ2n) is 4.80. The standard InChI is InChI=1S/C13H22N2O4/c1-4-19-13(18)11-6-5-7-15(8-11)12(17)9(2)14-10(3)16/h9,11H,4-8H2,1-3H3,(H,14,16)/t9?,11-/m1/s1. The molecule has 2 atom stereocenters. The van der Waals surface area contributed by atoms with Crippen LogP contribution in [-0.4, -0.2) is 48.4 Å². The van der Waals surface area contributed by atoms with Crippen LogP contribution < -0.4 is 5.32 Å². The predicted molar refractivity (Wildman–Crippen MR) is 69.2 cm³/mol. The SMILES string of the molecule is CCOC(=O)[C@@H]1CCCN(C(=O)C(C)NC(C)=O)C1. The lowest BCUT2D eigenvalue weighted by molar-refractivity contribution is -0.151. The van der Waals surface area contributed by atoms with Gasteiger partial charge in [0.1, 0.15) is 6.04 Å². The van der Waals surface area contributed by atoms with Crippen molar-refractivity contribution in [3.63, 3.8) is 0 Å². The highest BCUT2D eigenvalue weighted by molar-refractivity contribution is 5.87. The number of ether oxygens (including phenoxy) is 1. The topological polar surface area (TPSA) is 75.7 Å². The predicted octanol–water partition coefficient (Wildman–Crippen LogP) is 0.313. The van der Waals surface area contributed by atoms with E-state index in [2.05, 4.69) is 5.32 Å². The van der Waals surface area contributed by atoms with E-state index in [-0.39, 0.29) is 23.7 Å². The first-order chi connectivity index (χ1) is 8.95. The van der Waals surface area contributed by atoms with Gasteiger partial charge in [-0.2, -0.15) is 0 Å². The third kappa shape index (κ3) is 4.54. The van der Waals surface area contributed by atoms with Crippen molar-refractivity contribution in [3.05, 3.63) is 0 Å². The molecular weight excluding hydrogens is 248 g/mol. The van der Waals surface area contributed by atoms with E-state index in [9.17, 15) is 14.4 Å². The summed E-state index contributed by atoms with van der Waals surface area (Å²) in [4.78, 5) is 36.4. The molecule has 0 saturated carbocycles. The highest BCUT2D eigenvalue weighted by Crippen LogP contribution is 2.18. The molecular formula is C13H22N2O4. The molecule has 1 aliphatic heterocycles. The van der Waals surface area contributed by atoms with Gasteiger partial charge in [-0.15, -0.1) is 0 Å². The maximum Gasteiger partial charge on any atom is 0.310 e. The van der Waals surface area contributed by atoms with E-state index in [1.807, 2.05) is 0 Å². The first-order valence-electron chi connectivity index (χ1n) is 6.68. The number of carbonyl (C=O) groups is 3. The van der Waals surface area contributed by atoms with Crippen LogP contribution in [0, 0.1) is 5.92 Å². The monoisotopic (exact) mass is 270 g/mol. The summed E-state index contributed by atoms with van der Waals surface area (Å²) in [6.45, 7) is 6.15. The molecule has 0 spiro atoms. The van der Waals surface area contributed by atoms with Gasteiger partial charge in [-0.1, -0.05) is 0 Å². The van der Waals surface area contributed by atoms with Gasteiger partial charge in [0.2, 0.25) is 11.8 Å². The van der Waals surface area contributed by atoms with E-state index >= 15 is 0 Å². The minimum absolute atomic E-state index is 0.149. The zero-order valence-electron chi connectivity index (χ0n) is 11.8. The lowest BCUT2D eigenvalue weighted by atomic mass is 9.97. The lowest BCUT2D eigenvalue weighted by Gasteiger charge is -2.33. The van der Waals surface area contributed by atoms with Crippen LogP contribution in [0.3, 0.4) is 0 Å². The minimum atomic E-state index is -0.557. The Labute approximate surface area is 113 Å². The highest BCUT2D eigenvalue weighted by Gasteiger charge is 2.31. The van der Waals surface area contributed by atoms with Crippen molar-refractivity contribution < 1.29 is 19.1 Å². The molecule has 108 valence electrons. The molecule has 1 fully saturated rings. The molecule has 0 aromatic carbocycles. The maximum atomic E-state index is 12.1.